The minimum atomic E-state index is -1.47. The molecule has 1 fully saturated rings. The molecule has 0 aromatic carbocycles. The van der Waals surface area contributed by atoms with Crippen LogP contribution in [0.4, 0.5) is 0 Å². The van der Waals surface area contributed by atoms with Crippen LogP contribution in [-0.4, -0.2) is 16.6 Å². The lowest BCUT2D eigenvalue weighted by molar-refractivity contribution is 0.464. The van der Waals surface area contributed by atoms with Gasteiger partial charge >= 0.3 is 0 Å². The van der Waals surface area contributed by atoms with Crippen molar-refractivity contribution in [2.75, 3.05) is 0 Å². The highest BCUT2D eigenvalue weighted by atomic mass is 28.4. The Morgan fingerprint density at radius 3 is 1.13 bits per heavy atom. The zero-order chi connectivity index (χ0) is 12.1. The van der Waals surface area contributed by atoms with Crippen LogP contribution in [0.3, 0.4) is 0 Å². The summed E-state index contributed by atoms with van der Waals surface area (Å²) in [6.07, 6.45) is 0. The fourth-order valence-electron chi connectivity index (χ4n) is 2.13. The molecule has 0 aliphatic carbocycles. The molecular weight excluding hydrogens is 216 g/mol. The Balaban J connectivity index is 2.93. The SMILES string of the molecule is CC(C)(C)[Si]1(C)CC[Si](C)(C(C)(C)C)O1. The van der Waals surface area contributed by atoms with Crippen molar-refractivity contribution in [3.05, 3.63) is 0 Å². The second-order valence-corrected chi connectivity index (χ2v) is 17.3. The predicted molar refractivity (Wildman–Crippen MR) is 73.4 cm³/mol. The van der Waals surface area contributed by atoms with E-state index in [2.05, 4.69) is 54.6 Å². The van der Waals surface area contributed by atoms with Crippen LogP contribution in [0.1, 0.15) is 41.5 Å². The first-order chi connectivity index (χ1) is 6.41. The van der Waals surface area contributed by atoms with Crippen molar-refractivity contribution in [3.63, 3.8) is 0 Å². The molecule has 0 bridgehead atoms. The predicted octanol–water partition coefficient (Wildman–Crippen LogP) is 4.77. The first-order valence-electron chi connectivity index (χ1n) is 6.12. The van der Waals surface area contributed by atoms with Crippen LogP contribution in [0.2, 0.25) is 35.3 Å². The molecule has 0 N–H and O–H groups in total. The summed E-state index contributed by atoms with van der Waals surface area (Å²) in [6.45, 7) is 19.1. The molecule has 90 valence electrons. The highest BCUT2D eigenvalue weighted by Gasteiger charge is 2.57. The average molecular weight is 245 g/mol. The van der Waals surface area contributed by atoms with Crippen molar-refractivity contribution in [2.24, 2.45) is 0 Å². The lowest BCUT2D eigenvalue weighted by Gasteiger charge is -2.42. The molecule has 1 aliphatic rings. The van der Waals surface area contributed by atoms with Gasteiger partial charge < -0.3 is 4.12 Å². The van der Waals surface area contributed by atoms with Crippen LogP contribution >= 0.6 is 0 Å². The molecule has 3 heteroatoms. The highest BCUT2D eigenvalue weighted by molar-refractivity contribution is 6.93. The fraction of sp³-hybridized carbons (Fsp3) is 1.00. The van der Waals surface area contributed by atoms with E-state index in [0.717, 1.165) is 0 Å². The zero-order valence-electron chi connectivity index (χ0n) is 11.8. The third kappa shape index (κ3) is 2.24. The summed E-state index contributed by atoms with van der Waals surface area (Å²) in [6, 6.07) is 2.74. The first-order valence-corrected chi connectivity index (χ1v) is 11.3. The molecule has 0 radical (unpaired) electrons. The summed E-state index contributed by atoms with van der Waals surface area (Å²) >= 11 is 0. The quantitative estimate of drug-likeness (QED) is 0.558. The number of hydrogen-bond donors (Lipinski definition) is 0. The zero-order valence-corrected chi connectivity index (χ0v) is 13.8. The van der Waals surface area contributed by atoms with Crippen molar-refractivity contribution in [1.82, 2.24) is 0 Å². The second-order valence-electron chi connectivity index (χ2n) is 7.56. The Bertz CT molecular complexity index is 225. The van der Waals surface area contributed by atoms with Crippen LogP contribution in [0.5, 0.6) is 0 Å². The van der Waals surface area contributed by atoms with Gasteiger partial charge in [-0.05, 0) is 35.3 Å². The maximum atomic E-state index is 6.74. The van der Waals surface area contributed by atoms with Crippen LogP contribution in [0.25, 0.3) is 0 Å². The molecule has 15 heavy (non-hydrogen) atoms. The van der Waals surface area contributed by atoms with Crippen LogP contribution in [0.15, 0.2) is 0 Å². The van der Waals surface area contributed by atoms with Crippen LogP contribution < -0.4 is 0 Å². The third-order valence-corrected chi connectivity index (χ3v) is 17.6. The van der Waals surface area contributed by atoms with Gasteiger partial charge in [-0.15, -0.1) is 0 Å². The molecule has 2 unspecified atom stereocenters. The molecule has 1 nitrogen and oxygen atoms in total. The molecule has 0 amide bonds. The Hall–Kier alpha value is 0.394. The van der Waals surface area contributed by atoms with Gasteiger partial charge in [0.1, 0.15) is 0 Å². The van der Waals surface area contributed by atoms with Crippen molar-refractivity contribution in [3.8, 4) is 0 Å². The monoisotopic (exact) mass is 244 g/mol. The first kappa shape index (κ1) is 13.5. The van der Waals surface area contributed by atoms with Gasteiger partial charge in [-0.25, -0.2) is 0 Å². The fourth-order valence-corrected chi connectivity index (χ4v) is 14.7. The van der Waals surface area contributed by atoms with E-state index in [4.69, 9.17) is 4.12 Å². The van der Waals surface area contributed by atoms with E-state index in [-0.39, 0.29) is 0 Å². The van der Waals surface area contributed by atoms with Crippen molar-refractivity contribution >= 4 is 16.6 Å². The van der Waals surface area contributed by atoms with Gasteiger partial charge in [0.25, 0.3) is 0 Å². The number of hydrogen-bond acceptors (Lipinski definition) is 1. The van der Waals surface area contributed by atoms with E-state index in [1.54, 1.807) is 0 Å². The topological polar surface area (TPSA) is 9.23 Å². The van der Waals surface area contributed by atoms with E-state index in [1.807, 2.05) is 0 Å². The van der Waals surface area contributed by atoms with E-state index >= 15 is 0 Å². The lowest BCUT2D eigenvalue weighted by atomic mass is 10.2. The third-order valence-electron chi connectivity index (χ3n) is 4.70. The van der Waals surface area contributed by atoms with Gasteiger partial charge in [0.05, 0.1) is 0 Å². The Morgan fingerprint density at radius 2 is 1.00 bits per heavy atom. The molecule has 1 saturated heterocycles. The number of rotatable bonds is 0. The minimum Gasteiger partial charge on any atom is -0.454 e. The Kier molecular flexibility index (Phi) is 3.09. The second kappa shape index (κ2) is 3.44. The summed E-state index contributed by atoms with van der Waals surface area (Å²) in [4.78, 5) is 0. The average Bonchev–Trinajstić information content (AvgIpc) is 2.26. The lowest BCUT2D eigenvalue weighted by Crippen LogP contribution is -2.49. The molecular formula is C12H28OSi2. The largest absolute Gasteiger partial charge is 0.454 e. The summed E-state index contributed by atoms with van der Waals surface area (Å²) in [5.41, 5.74) is 0. The van der Waals surface area contributed by atoms with Gasteiger partial charge in [-0.2, -0.15) is 0 Å². The normalized spacial score (nSPS) is 38.4. The van der Waals surface area contributed by atoms with E-state index in [1.165, 1.54) is 12.1 Å². The van der Waals surface area contributed by atoms with Gasteiger partial charge in [0.2, 0.25) is 0 Å². The molecule has 0 saturated carbocycles. The molecule has 1 rings (SSSR count). The van der Waals surface area contributed by atoms with Gasteiger partial charge in [-0.3, -0.25) is 0 Å². The molecule has 0 spiro atoms. The van der Waals surface area contributed by atoms with Gasteiger partial charge in [0.15, 0.2) is 16.6 Å². The molecule has 1 heterocycles. The van der Waals surface area contributed by atoms with Crippen molar-refractivity contribution in [2.45, 2.75) is 76.8 Å². The summed E-state index contributed by atoms with van der Waals surface area (Å²) in [7, 11) is -2.94. The van der Waals surface area contributed by atoms with Gasteiger partial charge in [0, 0.05) is 0 Å². The maximum absolute atomic E-state index is 6.74. The van der Waals surface area contributed by atoms with E-state index < -0.39 is 16.6 Å². The molecule has 0 aromatic rings. The Morgan fingerprint density at radius 1 is 0.733 bits per heavy atom. The van der Waals surface area contributed by atoms with Crippen molar-refractivity contribution < 1.29 is 4.12 Å². The van der Waals surface area contributed by atoms with Gasteiger partial charge in [-0.1, -0.05) is 41.5 Å². The van der Waals surface area contributed by atoms with Crippen molar-refractivity contribution in [1.29, 1.82) is 0 Å². The van der Waals surface area contributed by atoms with Crippen LogP contribution in [0, 0.1) is 0 Å². The summed E-state index contributed by atoms with van der Waals surface area (Å²) in [5, 5.41) is 0.784. The molecule has 0 aromatic heterocycles. The van der Waals surface area contributed by atoms with E-state index in [0.29, 0.717) is 10.1 Å². The molecule has 2 atom stereocenters. The highest BCUT2D eigenvalue weighted by Crippen LogP contribution is 2.54. The maximum Gasteiger partial charge on any atom is 0.181 e. The smallest absolute Gasteiger partial charge is 0.181 e. The van der Waals surface area contributed by atoms with Crippen LogP contribution in [-0.2, 0) is 4.12 Å². The summed E-state index contributed by atoms with van der Waals surface area (Å²) < 4.78 is 6.74. The van der Waals surface area contributed by atoms with E-state index in [9.17, 15) is 0 Å². The minimum absolute atomic E-state index is 0.392. The Labute approximate surface area is 97.9 Å². The molecule has 1 aliphatic heterocycles. The summed E-state index contributed by atoms with van der Waals surface area (Å²) in [5.74, 6) is 0. The standard InChI is InChI=1S/C12H28OSi2/c1-11(2,3)14(7)9-10-15(8,13-14)12(4,5)6/h9-10H2,1-8H3.